The van der Waals surface area contributed by atoms with Gasteiger partial charge in [0.2, 0.25) is 0 Å². The fourth-order valence-corrected chi connectivity index (χ4v) is 4.81. The minimum absolute atomic E-state index is 0.173. The van der Waals surface area contributed by atoms with Crippen LogP contribution in [-0.4, -0.2) is 55.9 Å². The Balaban J connectivity index is 1.75. The molecule has 2 fully saturated rings. The highest BCUT2D eigenvalue weighted by Crippen LogP contribution is 2.46. The lowest BCUT2D eigenvalue weighted by atomic mass is 9.98. The van der Waals surface area contributed by atoms with Crippen molar-refractivity contribution >= 4 is 22.0 Å². The van der Waals surface area contributed by atoms with Crippen LogP contribution in [0.25, 0.3) is 0 Å². The first-order chi connectivity index (χ1) is 9.87. The minimum Gasteiger partial charge on any atom is -0.314 e. The zero-order valence-corrected chi connectivity index (χ0v) is 15.0. The molecule has 124 valence electrons. The maximum absolute atomic E-state index is 12.3. The zero-order chi connectivity index (χ0) is 15.5. The van der Waals surface area contributed by atoms with E-state index in [0.717, 1.165) is 32.2 Å². The summed E-state index contributed by atoms with van der Waals surface area (Å²) in [6.45, 7) is 7.14. The van der Waals surface area contributed by atoms with Crippen LogP contribution in [0.4, 0.5) is 0 Å². The van der Waals surface area contributed by atoms with Gasteiger partial charge in [0.15, 0.2) is 0 Å². The summed E-state index contributed by atoms with van der Waals surface area (Å²) >= 11 is 1.78. The van der Waals surface area contributed by atoms with Crippen molar-refractivity contribution < 1.29 is 8.42 Å². The Morgan fingerprint density at radius 1 is 1.29 bits per heavy atom. The van der Waals surface area contributed by atoms with Gasteiger partial charge in [-0.05, 0) is 44.4 Å². The third-order valence-electron chi connectivity index (χ3n) is 4.55. The number of hydrogen-bond donors (Lipinski definition) is 2. The van der Waals surface area contributed by atoms with Crippen molar-refractivity contribution in [1.29, 1.82) is 0 Å². The van der Waals surface area contributed by atoms with Gasteiger partial charge in [0.1, 0.15) is 0 Å². The number of piperidine rings is 1. The fourth-order valence-electron chi connectivity index (χ4n) is 2.66. The van der Waals surface area contributed by atoms with Crippen LogP contribution in [0.5, 0.6) is 0 Å². The predicted octanol–water partition coefficient (Wildman–Crippen LogP) is 1.43. The van der Waals surface area contributed by atoms with Crippen LogP contribution in [0, 0.1) is 5.92 Å². The highest BCUT2D eigenvalue weighted by Gasteiger charge is 2.43. The zero-order valence-electron chi connectivity index (χ0n) is 13.4. The van der Waals surface area contributed by atoms with Gasteiger partial charge >= 0.3 is 0 Å². The Morgan fingerprint density at radius 3 is 2.38 bits per heavy atom. The van der Waals surface area contributed by atoms with E-state index < -0.39 is 10.2 Å². The molecule has 21 heavy (non-hydrogen) atoms. The average molecular weight is 336 g/mol. The number of hydrogen-bond acceptors (Lipinski definition) is 4. The second-order valence-corrected chi connectivity index (χ2v) is 9.65. The monoisotopic (exact) mass is 335 g/mol. The largest absolute Gasteiger partial charge is 0.314 e. The van der Waals surface area contributed by atoms with E-state index >= 15 is 0 Å². The summed E-state index contributed by atoms with van der Waals surface area (Å²) in [6.07, 6.45) is 6.22. The average Bonchev–Trinajstić information content (AvgIpc) is 3.24. The lowest BCUT2D eigenvalue weighted by molar-refractivity contribution is 0.261. The van der Waals surface area contributed by atoms with Crippen LogP contribution in [0.1, 0.15) is 39.5 Å². The van der Waals surface area contributed by atoms with Crippen molar-refractivity contribution in [1.82, 2.24) is 14.3 Å². The van der Waals surface area contributed by atoms with Gasteiger partial charge < -0.3 is 5.32 Å². The smallest absolute Gasteiger partial charge is 0.279 e. The van der Waals surface area contributed by atoms with Crippen molar-refractivity contribution in [2.75, 3.05) is 32.4 Å². The summed E-state index contributed by atoms with van der Waals surface area (Å²) in [6, 6.07) is 0.495. The number of nitrogens with one attached hydrogen (secondary N) is 2. The SMILES string of the molecule is CSC1(CNS(=O)(=O)N2CCC(CNC(C)C)CC2)CC1. The predicted molar refractivity (Wildman–Crippen MR) is 89.8 cm³/mol. The quantitative estimate of drug-likeness (QED) is 0.704. The molecule has 0 atom stereocenters. The number of rotatable bonds is 8. The molecule has 0 spiro atoms. The van der Waals surface area contributed by atoms with E-state index in [4.69, 9.17) is 0 Å². The molecule has 1 heterocycles. The Kier molecular flexibility index (Phi) is 5.99. The molecular formula is C14H29N3O2S2. The lowest BCUT2D eigenvalue weighted by Crippen LogP contribution is -2.47. The Labute approximate surface area is 133 Å². The van der Waals surface area contributed by atoms with E-state index in [0.29, 0.717) is 31.6 Å². The molecular weight excluding hydrogens is 306 g/mol. The summed E-state index contributed by atoms with van der Waals surface area (Å²) in [5, 5.41) is 3.44. The highest BCUT2D eigenvalue weighted by atomic mass is 32.2. The molecule has 0 aromatic rings. The van der Waals surface area contributed by atoms with Crippen LogP contribution in [-0.2, 0) is 10.2 Å². The molecule has 1 saturated heterocycles. The maximum Gasteiger partial charge on any atom is 0.279 e. The van der Waals surface area contributed by atoms with Crippen molar-refractivity contribution in [2.24, 2.45) is 5.92 Å². The van der Waals surface area contributed by atoms with Gasteiger partial charge in [-0.25, -0.2) is 4.72 Å². The standard InChI is InChI=1S/C14H29N3O2S2/c1-12(2)15-10-13-4-8-17(9-5-13)21(18,19)16-11-14(20-3)6-7-14/h12-13,15-16H,4-11H2,1-3H3. The van der Waals surface area contributed by atoms with Crippen molar-refractivity contribution in [2.45, 2.75) is 50.3 Å². The van der Waals surface area contributed by atoms with Crippen LogP contribution in [0.3, 0.4) is 0 Å². The minimum atomic E-state index is -3.29. The molecule has 0 aromatic heterocycles. The van der Waals surface area contributed by atoms with Crippen LogP contribution in [0.2, 0.25) is 0 Å². The molecule has 0 amide bonds. The summed E-state index contributed by atoms with van der Waals surface area (Å²) in [5.41, 5.74) is 0. The van der Waals surface area contributed by atoms with Crippen molar-refractivity contribution in [3.05, 3.63) is 0 Å². The molecule has 5 nitrogen and oxygen atoms in total. The highest BCUT2D eigenvalue weighted by molar-refractivity contribution is 8.00. The Hall–Kier alpha value is 0.180. The van der Waals surface area contributed by atoms with E-state index in [2.05, 4.69) is 30.1 Å². The molecule has 0 bridgehead atoms. The maximum atomic E-state index is 12.3. The molecule has 0 unspecified atom stereocenters. The van der Waals surface area contributed by atoms with Gasteiger partial charge in [-0.1, -0.05) is 13.8 Å². The molecule has 7 heteroatoms. The topological polar surface area (TPSA) is 61.4 Å². The second-order valence-electron chi connectivity index (χ2n) is 6.62. The summed E-state index contributed by atoms with van der Waals surface area (Å²) in [4.78, 5) is 0. The third-order valence-corrected chi connectivity index (χ3v) is 7.52. The Bertz CT molecular complexity index is 428. The van der Waals surface area contributed by atoms with Crippen molar-refractivity contribution in [3.8, 4) is 0 Å². The van der Waals surface area contributed by atoms with Gasteiger partial charge in [-0.15, -0.1) is 0 Å². The van der Waals surface area contributed by atoms with E-state index in [-0.39, 0.29) is 4.75 Å². The van der Waals surface area contributed by atoms with E-state index in [1.165, 1.54) is 0 Å². The van der Waals surface area contributed by atoms with Gasteiger partial charge in [0, 0.05) is 30.4 Å². The van der Waals surface area contributed by atoms with Gasteiger partial charge in [0.05, 0.1) is 0 Å². The molecule has 1 aliphatic carbocycles. The van der Waals surface area contributed by atoms with Gasteiger partial charge in [-0.2, -0.15) is 24.5 Å². The van der Waals surface area contributed by atoms with E-state index in [1.54, 1.807) is 16.1 Å². The number of thioether (sulfide) groups is 1. The first-order valence-electron chi connectivity index (χ1n) is 7.90. The molecule has 0 aromatic carbocycles. The van der Waals surface area contributed by atoms with Crippen LogP contribution >= 0.6 is 11.8 Å². The lowest BCUT2D eigenvalue weighted by Gasteiger charge is -2.32. The van der Waals surface area contributed by atoms with E-state index in [9.17, 15) is 8.42 Å². The molecule has 0 radical (unpaired) electrons. The van der Waals surface area contributed by atoms with Gasteiger partial charge in [-0.3, -0.25) is 0 Å². The van der Waals surface area contributed by atoms with Gasteiger partial charge in [0.25, 0.3) is 10.2 Å². The van der Waals surface area contributed by atoms with Crippen molar-refractivity contribution in [3.63, 3.8) is 0 Å². The first-order valence-corrected chi connectivity index (χ1v) is 10.6. The fraction of sp³-hybridized carbons (Fsp3) is 1.00. The molecule has 2 N–H and O–H groups in total. The van der Waals surface area contributed by atoms with E-state index in [1.807, 2.05) is 0 Å². The Morgan fingerprint density at radius 2 is 1.90 bits per heavy atom. The number of nitrogens with zero attached hydrogens (tertiary/aromatic N) is 1. The van der Waals surface area contributed by atoms with Crippen LogP contribution < -0.4 is 10.0 Å². The molecule has 2 aliphatic rings. The molecule has 1 saturated carbocycles. The molecule has 1 aliphatic heterocycles. The second kappa shape index (κ2) is 7.17. The molecule has 2 rings (SSSR count). The normalized spacial score (nSPS) is 23.6. The summed E-state index contributed by atoms with van der Waals surface area (Å²) < 4.78 is 29.3. The first kappa shape index (κ1) is 17.5. The van der Waals surface area contributed by atoms with Crippen LogP contribution in [0.15, 0.2) is 0 Å². The summed E-state index contributed by atoms with van der Waals surface area (Å²) in [7, 11) is -3.29. The summed E-state index contributed by atoms with van der Waals surface area (Å²) in [5.74, 6) is 0.597. The third kappa shape index (κ3) is 5.10.